The van der Waals surface area contributed by atoms with Crippen molar-refractivity contribution >= 4 is 17.5 Å². The number of hydrogen-bond donors (Lipinski definition) is 1. The molecule has 0 heterocycles. The van der Waals surface area contributed by atoms with Crippen LogP contribution in [0.1, 0.15) is 18.1 Å². The number of aryl methyl sites for hydroxylation is 1. The summed E-state index contributed by atoms with van der Waals surface area (Å²) in [5.74, 6) is 0.430. The highest BCUT2D eigenvalue weighted by Gasteiger charge is 2.14. The van der Waals surface area contributed by atoms with E-state index in [1.54, 1.807) is 31.2 Å². The topological polar surface area (TPSA) is 38.3 Å². The maximum absolute atomic E-state index is 12.0. The van der Waals surface area contributed by atoms with Gasteiger partial charge in [0.25, 0.3) is 5.91 Å². The number of nitrogens with one attached hydrogen (secondary N) is 1. The van der Waals surface area contributed by atoms with E-state index in [-0.39, 0.29) is 5.91 Å². The van der Waals surface area contributed by atoms with Gasteiger partial charge in [0, 0.05) is 11.6 Å². The molecule has 2 aromatic carbocycles. The molecule has 0 bridgehead atoms. The first-order chi connectivity index (χ1) is 10.1. The number of halogens is 1. The van der Waals surface area contributed by atoms with Gasteiger partial charge in [-0.25, -0.2) is 0 Å². The second-order valence-corrected chi connectivity index (χ2v) is 5.30. The first-order valence-corrected chi connectivity index (χ1v) is 7.18. The molecular weight excluding hydrogens is 286 g/mol. The SMILES string of the molecule is Cc1ccccc1CNC(=O)[C@H](C)Oc1cccc(Cl)c1. The third kappa shape index (κ3) is 4.50. The van der Waals surface area contributed by atoms with Gasteiger partial charge in [-0.15, -0.1) is 0 Å². The molecule has 4 heteroatoms. The Kier molecular flexibility index (Phi) is 5.23. The highest BCUT2D eigenvalue weighted by molar-refractivity contribution is 6.30. The van der Waals surface area contributed by atoms with Crippen molar-refractivity contribution in [3.8, 4) is 5.75 Å². The van der Waals surface area contributed by atoms with E-state index in [0.29, 0.717) is 17.3 Å². The average Bonchev–Trinajstić information content (AvgIpc) is 2.46. The van der Waals surface area contributed by atoms with Crippen LogP contribution in [0.2, 0.25) is 5.02 Å². The van der Waals surface area contributed by atoms with Crippen molar-refractivity contribution in [3.63, 3.8) is 0 Å². The molecule has 21 heavy (non-hydrogen) atoms. The number of ether oxygens (including phenoxy) is 1. The van der Waals surface area contributed by atoms with Crippen LogP contribution in [-0.4, -0.2) is 12.0 Å². The fourth-order valence-corrected chi connectivity index (χ4v) is 2.11. The Bertz CT molecular complexity index is 628. The Labute approximate surface area is 129 Å². The van der Waals surface area contributed by atoms with Crippen molar-refractivity contribution in [2.75, 3.05) is 0 Å². The molecule has 3 nitrogen and oxygen atoms in total. The van der Waals surface area contributed by atoms with Crippen LogP contribution in [0.25, 0.3) is 0 Å². The van der Waals surface area contributed by atoms with Crippen molar-refractivity contribution in [2.45, 2.75) is 26.5 Å². The van der Waals surface area contributed by atoms with Crippen LogP contribution < -0.4 is 10.1 Å². The number of rotatable bonds is 5. The summed E-state index contributed by atoms with van der Waals surface area (Å²) in [7, 11) is 0. The molecular formula is C17H18ClNO2. The summed E-state index contributed by atoms with van der Waals surface area (Å²) in [6, 6.07) is 15.0. The van der Waals surface area contributed by atoms with E-state index in [1.165, 1.54) is 0 Å². The number of amides is 1. The summed E-state index contributed by atoms with van der Waals surface area (Å²) in [4.78, 5) is 12.0. The molecule has 0 aliphatic carbocycles. The monoisotopic (exact) mass is 303 g/mol. The third-order valence-corrected chi connectivity index (χ3v) is 3.43. The van der Waals surface area contributed by atoms with Crippen LogP contribution in [0.3, 0.4) is 0 Å². The Balaban J connectivity index is 1.90. The summed E-state index contributed by atoms with van der Waals surface area (Å²) < 4.78 is 5.58. The molecule has 0 fully saturated rings. The lowest BCUT2D eigenvalue weighted by Gasteiger charge is -2.15. The van der Waals surface area contributed by atoms with Crippen molar-refractivity contribution in [1.82, 2.24) is 5.32 Å². The van der Waals surface area contributed by atoms with E-state index in [1.807, 2.05) is 31.2 Å². The summed E-state index contributed by atoms with van der Waals surface area (Å²) >= 11 is 5.89. The predicted molar refractivity (Wildman–Crippen MR) is 84.6 cm³/mol. The minimum atomic E-state index is -0.576. The lowest BCUT2D eigenvalue weighted by Crippen LogP contribution is -2.36. The van der Waals surface area contributed by atoms with Crippen LogP contribution in [0.5, 0.6) is 5.75 Å². The number of carbonyl (C=O) groups excluding carboxylic acids is 1. The molecule has 0 spiro atoms. The van der Waals surface area contributed by atoms with Crippen molar-refractivity contribution < 1.29 is 9.53 Å². The van der Waals surface area contributed by atoms with Crippen LogP contribution in [-0.2, 0) is 11.3 Å². The molecule has 0 aliphatic rings. The average molecular weight is 304 g/mol. The van der Waals surface area contributed by atoms with Gasteiger partial charge in [-0.3, -0.25) is 4.79 Å². The summed E-state index contributed by atoms with van der Waals surface area (Å²) in [5.41, 5.74) is 2.25. The number of hydrogen-bond acceptors (Lipinski definition) is 2. The molecule has 0 aliphatic heterocycles. The smallest absolute Gasteiger partial charge is 0.261 e. The molecule has 0 aromatic heterocycles. The molecule has 0 unspecified atom stereocenters. The standard InChI is InChI=1S/C17H18ClNO2/c1-12-6-3-4-7-14(12)11-19-17(20)13(2)21-16-9-5-8-15(18)10-16/h3-10,13H,11H2,1-2H3,(H,19,20)/t13-/m0/s1. The van der Waals surface area contributed by atoms with Gasteiger partial charge in [-0.05, 0) is 43.2 Å². The molecule has 1 atom stereocenters. The molecule has 2 rings (SSSR count). The van der Waals surface area contributed by atoms with E-state index in [4.69, 9.17) is 16.3 Å². The zero-order chi connectivity index (χ0) is 15.2. The Morgan fingerprint density at radius 3 is 2.71 bits per heavy atom. The minimum Gasteiger partial charge on any atom is -0.481 e. The van der Waals surface area contributed by atoms with E-state index in [9.17, 15) is 4.79 Å². The second-order valence-electron chi connectivity index (χ2n) is 4.86. The van der Waals surface area contributed by atoms with Gasteiger partial charge in [-0.2, -0.15) is 0 Å². The van der Waals surface area contributed by atoms with Crippen LogP contribution in [0, 0.1) is 6.92 Å². The highest BCUT2D eigenvalue weighted by Crippen LogP contribution is 2.18. The fourth-order valence-electron chi connectivity index (χ4n) is 1.93. The van der Waals surface area contributed by atoms with Crippen molar-refractivity contribution in [1.29, 1.82) is 0 Å². The molecule has 1 amide bonds. The maximum atomic E-state index is 12.0. The van der Waals surface area contributed by atoms with Gasteiger partial charge in [0.1, 0.15) is 5.75 Å². The molecule has 1 N–H and O–H groups in total. The number of carbonyl (C=O) groups is 1. The van der Waals surface area contributed by atoms with E-state index in [0.717, 1.165) is 11.1 Å². The molecule has 0 saturated carbocycles. The van der Waals surface area contributed by atoms with E-state index in [2.05, 4.69) is 5.32 Å². The van der Waals surface area contributed by atoms with Gasteiger partial charge < -0.3 is 10.1 Å². The van der Waals surface area contributed by atoms with E-state index < -0.39 is 6.10 Å². The van der Waals surface area contributed by atoms with Gasteiger partial charge >= 0.3 is 0 Å². The zero-order valence-corrected chi connectivity index (χ0v) is 12.9. The normalized spacial score (nSPS) is 11.8. The Morgan fingerprint density at radius 1 is 1.24 bits per heavy atom. The minimum absolute atomic E-state index is 0.154. The quantitative estimate of drug-likeness (QED) is 0.914. The highest BCUT2D eigenvalue weighted by atomic mass is 35.5. The lowest BCUT2D eigenvalue weighted by molar-refractivity contribution is -0.127. The first kappa shape index (κ1) is 15.4. The summed E-state index contributed by atoms with van der Waals surface area (Å²) in [6.07, 6.45) is -0.576. The Morgan fingerprint density at radius 2 is 2.00 bits per heavy atom. The number of benzene rings is 2. The summed E-state index contributed by atoms with van der Waals surface area (Å²) in [5, 5.41) is 3.46. The molecule has 0 saturated heterocycles. The van der Waals surface area contributed by atoms with Crippen molar-refractivity contribution in [3.05, 3.63) is 64.7 Å². The predicted octanol–water partition coefficient (Wildman–Crippen LogP) is 3.73. The Hall–Kier alpha value is -2.00. The van der Waals surface area contributed by atoms with Gasteiger partial charge in [-0.1, -0.05) is 41.9 Å². The maximum Gasteiger partial charge on any atom is 0.261 e. The van der Waals surface area contributed by atoms with Gasteiger partial charge in [0.2, 0.25) is 0 Å². The lowest BCUT2D eigenvalue weighted by atomic mass is 10.1. The van der Waals surface area contributed by atoms with Crippen LogP contribution >= 0.6 is 11.6 Å². The zero-order valence-electron chi connectivity index (χ0n) is 12.1. The van der Waals surface area contributed by atoms with Crippen molar-refractivity contribution in [2.24, 2.45) is 0 Å². The first-order valence-electron chi connectivity index (χ1n) is 6.80. The largest absolute Gasteiger partial charge is 0.481 e. The van der Waals surface area contributed by atoms with E-state index >= 15 is 0 Å². The van der Waals surface area contributed by atoms with Crippen LogP contribution in [0.15, 0.2) is 48.5 Å². The van der Waals surface area contributed by atoms with Crippen LogP contribution in [0.4, 0.5) is 0 Å². The fraction of sp³-hybridized carbons (Fsp3) is 0.235. The molecule has 2 aromatic rings. The molecule has 0 radical (unpaired) electrons. The molecule has 110 valence electrons. The third-order valence-electron chi connectivity index (χ3n) is 3.19. The summed E-state index contributed by atoms with van der Waals surface area (Å²) in [6.45, 7) is 4.23. The second kappa shape index (κ2) is 7.14. The van der Waals surface area contributed by atoms with Gasteiger partial charge in [0.05, 0.1) is 0 Å². The van der Waals surface area contributed by atoms with Gasteiger partial charge in [0.15, 0.2) is 6.10 Å².